The molecule has 2 rings (SSSR count). The van der Waals surface area contributed by atoms with Gasteiger partial charge in [0, 0.05) is 16.1 Å². The number of hydrogen-bond acceptors (Lipinski definition) is 2. The number of nitrogens with one attached hydrogen (secondary N) is 1. The molecule has 4 heteroatoms. The van der Waals surface area contributed by atoms with E-state index in [0.29, 0.717) is 6.42 Å². The molecule has 0 aliphatic rings. The van der Waals surface area contributed by atoms with Crippen molar-refractivity contribution in [3.8, 4) is 0 Å². The van der Waals surface area contributed by atoms with Crippen molar-refractivity contribution < 1.29 is 4.92 Å². The Morgan fingerprint density at radius 2 is 2.14 bits per heavy atom. The minimum atomic E-state index is -0.300. The lowest BCUT2D eigenvalue weighted by Crippen LogP contribution is -2.03. The maximum absolute atomic E-state index is 10.2. The number of aromatic nitrogens is 1. The molecular formula is C10H10N2O2. The van der Waals surface area contributed by atoms with Crippen LogP contribution in [-0.4, -0.2) is 16.5 Å². The molecule has 14 heavy (non-hydrogen) atoms. The van der Waals surface area contributed by atoms with Gasteiger partial charge in [0.25, 0.3) is 0 Å². The zero-order valence-corrected chi connectivity index (χ0v) is 7.56. The molecule has 4 nitrogen and oxygen atoms in total. The lowest BCUT2D eigenvalue weighted by molar-refractivity contribution is -0.479. The molecule has 0 spiro atoms. The molecule has 0 radical (unpaired) electrons. The average Bonchev–Trinajstić information content (AvgIpc) is 2.57. The summed E-state index contributed by atoms with van der Waals surface area (Å²) < 4.78 is 0. The molecule has 1 heterocycles. The molecule has 1 N–H and O–H groups in total. The molecule has 2 aromatic rings. The summed E-state index contributed by atoms with van der Waals surface area (Å²) in [5, 5.41) is 11.3. The first-order chi connectivity index (χ1) is 6.75. The SMILES string of the molecule is O=[N+]([O-])CCc1cc2ccccc2[nH]1. The molecule has 0 unspecified atom stereocenters. The zero-order chi connectivity index (χ0) is 9.97. The second-order valence-corrected chi connectivity index (χ2v) is 3.19. The summed E-state index contributed by atoms with van der Waals surface area (Å²) in [6.07, 6.45) is 0.460. The summed E-state index contributed by atoms with van der Waals surface area (Å²) in [5.41, 5.74) is 1.95. The van der Waals surface area contributed by atoms with Crippen LogP contribution in [0.5, 0.6) is 0 Å². The number of nitrogens with zero attached hydrogens (tertiary/aromatic N) is 1. The van der Waals surface area contributed by atoms with Crippen molar-refractivity contribution in [2.75, 3.05) is 6.54 Å². The molecular weight excluding hydrogens is 180 g/mol. The van der Waals surface area contributed by atoms with Crippen molar-refractivity contribution >= 4 is 10.9 Å². The van der Waals surface area contributed by atoms with Crippen molar-refractivity contribution in [3.63, 3.8) is 0 Å². The molecule has 0 saturated carbocycles. The molecule has 0 aliphatic carbocycles. The van der Waals surface area contributed by atoms with Gasteiger partial charge in [0.1, 0.15) is 0 Å². The highest BCUT2D eigenvalue weighted by molar-refractivity contribution is 5.80. The number of fused-ring (bicyclic) bond motifs is 1. The summed E-state index contributed by atoms with van der Waals surface area (Å²) in [5.74, 6) is 0. The lowest BCUT2D eigenvalue weighted by Gasteiger charge is -1.90. The molecule has 0 fully saturated rings. The summed E-state index contributed by atoms with van der Waals surface area (Å²) in [7, 11) is 0. The van der Waals surface area contributed by atoms with E-state index < -0.39 is 0 Å². The third kappa shape index (κ3) is 1.74. The van der Waals surface area contributed by atoms with Gasteiger partial charge in [-0.25, -0.2) is 0 Å². The van der Waals surface area contributed by atoms with Crippen LogP contribution in [0.4, 0.5) is 0 Å². The Bertz CT molecular complexity index is 429. The van der Waals surface area contributed by atoms with Crippen LogP contribution in [0.15, 0.2) is 30.3 Å². The first kappa shape index (κ1) is 8.74. The van der Waals surface area contributed by atoms with E-state index in [1.165, 1.54) is 0 Å². The third-order valence-electron chi connectivity index (χ3n) is 2.15. The highest BCUT2D eigenvalue weighted by atomic mass is 16.6. The Labute approximate surface area is 80.7 Å². The van der Waals surface area contributed by atoms with Crippen molar-refractivity contribution in [1.29, 1.82) is 0 Å². The normalized spacial score (nSPS) is 10.6. The number of benzene rings is 1. The van der Waals surface area contributed by atoms with Crippen LogP contribution in [0.1, 0.15) is 5.69 Å². The largest absolute Gasteiger partial charge is 0.358 e. The number of rotatable bonds is 3. The molecule has 0 aliphatic heterocycles. The highest BCUT2D eigenvalue weighted by Gasteiger charge is 2.03. The van der Waals surface area contributed by atoms with Gasteiger partial charge in [-0.1, -0.05) is 18.2 Å². The van der Waals surface area contributed by atoms with E-state index in [4.69, 9.17) is 0 Å². The molecule has 0 amide bonds. The Kier molecular flexibility index (Phi) is 2.18. The van der Waals surface area contributed by atoms with Gasteiger partial charge in [0.05, 0.1) is 6.42 Å². The number of H-pyrrole nitrogens is 1. The van der Waals surface area contributed by atoms with Crippen molar-refractivity contribution in [2.24, 2.45) is 0 Å². The van der Waals surface area contributed by atoms with Gasteiger partial charge in [-0.2, -0.15) is 0 Å². The topological polar surface area (TPSA) is 58.9 Å². The van der Waals surface area contributed by atoms with Gasteiger partial charge in [-0.05, 0) is 17.5 Å². The summed E-state index contributed by atoms with van der Waals surface area (Å²) in [6, 6.07) is 9.80. The van der Waals surface area contributed by atoms with Crippen molar-refractivity contribution in [3.05, 3.63) is 46.1 Å². The first-order valence-electron chi connectivity index (χ1n) is 4.44. The van der Waals surface area contributed by atoms with E-state index in [9.17, 15) is 10.1 Å². The Morgan fingerprint density at radius 1 is 1.36 bits per heavy atom. The Hall–Kier alpha value is -1.84. The molecule has 0 atom stereocenters. The fourth-order valence-corrected chi connectivity index (χ4v) is 1.48. The van der Waals surface area contributed by atoms with E-state index in [1.807, 2.05) is 30.3 Å². The number of para-hydroxylation sites is 1. The Balaban J connectivity index is 2.22. The zero-order valence-electron chi connectivity index (χ0n) is 7.56. The predicted octanol–water partition coefficient (Wildman–Crippen LogP) is 1.99. The van der Waals surface area contributed by atoms with E-state index in [1.54, 1.807) is 0 Å². The summed E-state index contributed by atoms with van der Waals surface area (Å²) in [4.78, 5) is 13.0. The number of hydrogen-bond donors (Lipinski definition) is 1. The van der Waals surface area contributed by atoms with Gasteiger partial charge in [-0.3, -0.25) is 10.1 Å². The average molecular weight is 190 g/mol. The van der Waals surface area contributed by atoms with Crippen LogP contribution in [0.25, 0.3) is 10.9 Å². The quantitative estimate of drug-likeness (QED) is 0.594. The minimum Gasteiger partial charge on any atom is -0.358 e. The summed E-state index contributed by atoms with van der Waals surface area (Å²) >= 11 is 0. The molecule has 1 aromatic heterocycles. The van der Waals surface area contributed by atoms with E-state index in [0.717, 1.165) is 16.6 Å². The predicted molar refractivity (Wildman–Crippen MR) is 53.9 cm³/mol. The fourth-order valence-electron chi connectivity index (χ4n) is 1.48. The molecule has 72 valence electrons. The van der Waals surface area contributed by atoms with Gasteiger partial charge in [-0.15, -0.1) is 0 Å². The number of nitro groups is 1. The van der Waals surface area contributed by atoms with Gasteiger partial charge >= 0.3 is 0 Å². The standard InChI is InChI=1S/C10H10N2O2/c13-12(14)6-5-9-7-8-3-1-2-4-10(8)11-9/h1-4,7,11H,5-6H2. The molecule has 0 bridgehead atoms. The highest BCUT2D eigenvalue weighted by Crippen LogP contribution is 2.14. The maximum Gasteiger partial charge on any atom is 0.209 e. The second-order valence-electron chi connectivity index (χ2n) is 3.19. The Morgan fingerprint density at radius 3 is 2.86 bits per heavy atom. The lowest BCUT2D eigenvalue weighted by atomic mass is 10.2. The van der Waals surface area contributed by atoms with E-state index >= 15 is 0 Å². The fraction of sp³-hybridized carbons (Fsp3) is 0.200. The third-order valence-corrected chi connectivity index (χ3v) is 2.15. The van der Waals surface area contributed by atoms with Crippen LogP contribution in [-0.2, 0) is 6.42 Å². The van der Waals surface area contributed by atoms with E-state index in [2.05, 4.69) is 4.98 Å². The number of aromatic amines is 1. The molecule has 1 aromatic carbocycles. The van der Waals surface area contributed by atoms with Gasteiger partial charge in [0.2, 0.25) is 6.54 Å². The van der Waals surface area contributed by atoms with Crippen molar-refractivity contribution in [2.45, 2.75) is 6.42 Å². The van der Waals surface area contributed by atoms with Crippen molar-refractivity contribution in [1.82, 2.24) is 4.98 Å². The minimum absolute atomic E-state index is 0.0210. The monoisotopic (exact) mass is 190 g/mol. The van der Waals surface area contributed by atoms with Crippen LogP contribution >= 0.6 is 0 Å². The maximum atomic E-state index is 10.2. The molecule has 0 saturated heterocycles. The smallest absolute Gasteiger partial charge is 0.209 e. The first-order valence-corrected chi connectivity index (χ1v) is 4.44. The van der Waals surface area contributed by atoms with Gasteiger partial charge < -0.3 is 4.98 Å². The van der Waals surface area contributed by atoms with Gasteiger partial charge in [0.15, 0.2) is 0 Å². The summed E-state index contributed by atoms with van der Waals surface area (Å²) in [6.45, 7) is -0.0210. The van der Waals surface area contributed by atoms with E-state index in [-0.39, 0.29) is 11.5 Å². The van der Waals surface area contributed by atoms with Crippen LogP contribution in [0, 0.1) is 10.1 Å². The van der Waals surface area contributed by atoms with Crippen LogP contribution < -0.4 is 0 Å². The second kappa shape index (κ2) is 3.49. The van der Waals surface area contributed by atoms with Crippen LogP contribution in [0.3, 0.4) is 0 Å². The van der Waals surface area contributed by atoms with Crippen LogP contribution in [0.2, 0.25) is 0 Å².